The minimum Gasteiger partial charge on any atom is -0.481 e. The van der Waals surface area contributed by atoms with Gasteiger partial charge in [0, 0.05) is 18.1 Å². The van der Waals surface area contributed by atoms with Gasteiger partial charge in [0.25, 0.3) is 0 Å². The third kappa shape index (κ3) is 4.94. The number of nitrogens with one attached hydrogen (secondary N) is 1. The number of halogens is 1. The molecule has 3 atom stereocenters. The van der Waals surface area contributed by atoms with Gasteiger partial charge in [-0.2, -0.15) is 0 Å². The van der Waals surface area contributed by atoms with Gasteiger partial charge in [-0.1, -0.05) is 36.7 Å². The summed E-state index contributed by atoms with van der Waals surface area (Å²) in [5, 5.41) is 12.7. The number of carbonyl (C=O) groups excluding carboxylic acids is 1. The first-order valence-corrected chi connectivity index (χ1v) is 8.23. The molecule has 0 saturated carbocycles. The number of amides is 1. The summed E-state index contributed by atoms with van der Waals surface area (Å²) in [7, 11) is 0. The number of carboxylic acids is 1. The summed E-state index contributed by atoms with van der Waals surface area (Å²) >= 11 is 6.14. The second-order valence-electron chi connectivity index (χ2n) is 6.38. The first-order chi connectivity index (χ1) is 10.9. The summed E-state index contributed by atoms with van der Waals surface area (Å²) in [5.41, 5.74) is 0.873. The van der Waals surface area contributed by atoms with Crippen molar-refractivity contribution in [3.8, 4) is 0 Å². The van der Waals surface area contributed by atoms with E-state index in [2.05, 4.69) is 5.32 Å². The highest BCUT2D eigenvalue weighted by atomic mass is 35.5. The maximum absolute atomic E-state index is 12.2. The third-order valence-corrected chi connectivity index (χ3v) is 4.55. The van der Waals surface area contributed by atoms with Crippen LogP contribution in [0, 0.1) is 11.8 Å². The Hall–Kier alpha value is -1.59. The van der Waals surface area contributed by atoms with Crippen LogP contribution in [-0.2, 0) is 9.59 Å². The lowest BCUT2D eigenvalue weighted by molar-refractivity contribution is -0.145. The molecule has 6 heteroatoms. The average molecular weight is 339 g/mol. The van der Waals surface area contributed by atoms with E-state index < -0.39 is 11.9 Å². The van der Waals surface area contributed by atoms with Crippen LogP contribution in [0.3, 0.4) is 0 Å². The van der Waals surface area contributed by atoms with Gasteiger partial charge in [0.05, 0.1) is 18.5 Å². The van der Waals surface area contributed by atoms with E-state index in [1.165, 1.54) is 0 Å². The zero-order valence-corrected chi connectivity index (χ0v) is 14.2. The van der Waals surface area contributed by atoms with Crippen molar-refractivity contribution in [1.82, 2.24) is 10.2 Å². The molecule has 1 amide bonds. The molecule has 3 unspecified atom stereocenters. The summed E-state index contributed by atoms with van der Waals surface area (Å²) in [4.78, 5) is 25.4. The van der Waals surface area contributed by atoms with Crippen LogP contribution < -0.4 is 5.32 Å². The van der Waals surface area contributed by atoms with Crippen molar-refractivity contribution in [3.63, 3.8) is 0 Å². The maximum Gasteiger partial charge on any atom is 0.307 e. The van der Waals surface area contributed by atoms with Crippen LogP contribution in [0.25, 0.3) is 0 Å². The molecule has 2 N–H and O–H groups in total. The molecule has 23 heavy (non-hydrogen) atoms. The molecule has 1 aliphatic heterocycles. The Balaban J connectivity index is 1.91. The number of nitrogens with zero attached hydrogens (tertiary/aromatic N) is 1. The molecule has 1 aromatic carbocycles. The monoisotopic (exact) mass is 338 g/mol. The Labute approximate surface area is 141 Å². The van der Waals surface area contributed by atoms with Gasteiger partial charge in [-0.05, 0) is 30.9 Å². The predicted octanol–water partition coefficient (Wildman–Crippen LogP) is 2.56. The summed E-state index contributed by atoms with van der Waals surface area (Å²) in [5.74, 6) is -1.02. The molecule has 2 rings (SSSR count). The smallest absolute Gasteiger partial charge is 0.307 e. The number of benzene rings is 1. The van der Waals surface area contributed by atoms with Gasteiger partial charge in [-0.25, -0.2) is 0 Å². The molecule has 1 fully saturated rings. The van der Waals surface area contributed by atoms with Gasteiger partial charge < -0.3 is 10.4 Å². The van der Waals surface area contributed by atoms with Crippen molar-refractivity contribution in [2.75, 3.05) is 19.6 Å². The van der Waals surface area contributed by atoms with Crippen LogP contribution in [0.5, 0.6) is 0 Å². The van der Waals surface area contributed by atoms with Crippen LogP contribution in [0.1, 0.15) is 31.9 Å². The Morgan fingerprint density at radius 2 is 2.09 bits per heavy atom. The fourth-order valence-electron chi connectivity index (χ4n) is 3.16. The van der Waals surface area contributed by atoms with Gasteiger partial charge in [0.1, 0.15) is 0 Å². The molecule has 126 valence electrons. The Kier molecular flexibility index (Phi) is 6.02. The number of hydrogen-bond acceptors (Lipinski definition) is 3. The van der Waals surface area contributed by atoms with Crippen LogP contribution in [0.15, 0.2) is 24.3 Å². The molecule has 0 spiro atoms. The van der Waals surface area contributed by atoms with E-state index in [0.29, 0.717) is 18.0 Å². The molecular formula is C17H23ClN2O3. The lowest BCUT2D eigenvalue weighted by atomic mass is 9.90. The second kappa shape index (κ2) is 7.79. The Morgan fingerprint density at radius 1 is 1.39 bits per heavy atom. The number of likely N-dealkylation sites (tertiary alicyclic amines) is 1. The topological polar surface area (TPSA) is 69.6 Å². The predicted molar refractivity (Wildman–Crippen MR) is 89.4 cm³/mol. The normalized spacial score (nSPS) is 23.3. The molecule has 1 saturated heterocycles. The molecule has 0 radical (unpaired) electrons. The number of carbonyl (C=O) groups is 2. The van der Waals surface area contributed by atoms with Crippen molar-refractivity contribution in [1.29, 1.82) is 0 Å². The van der Waals surface area contributed by atoms with E-state index >= 15 is 0 Å². The quantitative estimate of drug-likeness (QED) is 0.865. The van der Waals surface area contributed by atoms with Crippen LogP contribution in [-0.4, -0.2) is 41.5 Å². The fourth-order valence-corrected chi connectivity index (χ4v) is 3.46. The van der Waals surface area contributed by atoms with Gasteiger partial charge in [-0.15, -0.1) is 0 Å². The molecule has 0 aromatic heterocycles. The number of piperidine rings is 1. The van der Waals surface area contributed by atoms with Gasteiger partial charge in [0.15, 0.2) is 0 Å². The van der Waals surface area contributed by atoms with Crippen molar-refractivity contribution in [3.05, 3.63) is 34.9 Å². The standard InChI is InChI=1S/C17H23ClN2O3/c1-11-7-13(17(22)23)9-20(8-11)10-16(21)19-12(2)14-5-3-4-6-15(14)18/h3-6,11-13H,7-10H2,1-2H3,(H,19,21)(H,22,23). The summed E-state index contributed by atoms with van der Waals surface area (Å²) in [6.45, 7) is 5.29. The first-order valence-electron chi connectivity index (χ1n) is 7.85. The van der Waals surface area contributed by atoms with Crippen molar-refractivity contribution in [2.24, 2.45) is 11.8 Å². The lowest BCUT2D eigenvalue weighted by Crippen LogP contribution is -2.47. The summed E-state index contributed by atoms with van der Waals surface area (Å²) in [6.07, 6.45) is 0.670. The van der Waals surface area contributed by atoms with Crippen LogP contribution in [0.2, 0.25) is 5.02 Å². The number of rotatable bonds is 5. The van der Waals surface area contributed by atoms with Crippen molar-refractivity contribution in [2.45, 2.75) is 26.3 Å². The molecule has 1 aliphatic rings. The highest BCUT2D eigenvalue weighted by molar-refractivity contribution is 6.31. The van der Waals surface area contributed by atoms with E-state index in [1.54, 1.807) is 6.07 Å². The van der Waals surface area contributed by atoms with E-state index in [4.69, 9.17) is 11.6 Å². The maximum atomic E-state index is 12.2. The van der Waals surface area contributed by atoms with E-state index in [1.807, 2.05) is 36.9 Å². The highest BCUT2D eigenvalue weighted by Crippen LogP contribution is 2.23. The van der Waals surface area contributed by atoms with E-state index in [9.17, 15) is 14.7 Å². The SMILES string of the molecule is CC1CC(C(=O)O)CN(CC(=O)NC(C)c2ccccc2Cl)C1. The Morgan fingerprint density at radius 3 is 2.74 bits per heavy atom. The van der Waals surface area contributed by atoms with Gasteiger partial charge in [-0.3, -0.25) is 14.5 Å². The third-order valence-electron chi connectivity index (χ3n) is 4.20. The number of carboxylic acid groups (broad SMARTS) is 1. The zero-order chi connectivity index (χ0) is 17.0. The summed E-state index contributed by atoms with van der Waals surface area (Å²) in [6, 6.07) is 7.23. The van der Waals surface area contributed by atoms with Crippen molar-refractivity contribution < 1.29 is 14.7 Å². The fraction of sp³-hybridized carbons (Fsp3) is 0.529. The van der Waals surface area contributed by atoms with Crippen LogP contribution in [0.4, 0.5) is 0 Å². The molecular weight excluding hydrogens is 316 g/mol. The zero-order valence-electron chi connectivity index (χ0n) is 13.5. The number of hydrogen-bond donors (Lipinski definition) is 2. The molecule has 1 aromatic rings. The van der Waals surface area contributed by atoms with E-state index in [0.717, 1.165) is 12.1 Å². The minimum atomic E-state index is -0.786. The second-order valence-corrected chi connectivity index (χ2v) is 6.79. The molecule has 5 nitrogen and oxygen atoms in total. The highest BCUT2D eigenvalue weighted by Gasteiger charge is 2.30. The largest absolute Gasteiger partial charge is 0.481 e. The Bertz CT molecular complexity index is 579. The van der Waals surface area contributed by atoms with Crippen LogP contribution >= 0.6 is 11.6 Å². The molecule has 0 bridgehead atoms. The lowest BCUT2D eigenvalue weighted by Gasteiger charge is -2.34. The summed E-state index contributed by atoms with van der Waals surface area (Å²) < 4.78 is 0. The molecule has 0 aliphatic carbocycles. The van der Waals surface area contributed by atoms with Gasteiger partial charge >= 0.3 is 5.97 Å². The molecule has 1 heterocycles. The number of aliphatic carboxylic acids is 1. The minimum absolute atomic E-state index is 0.115. The van der Waals surface area contributed by atoms with Gasteiger partial charge in [0.2, 0.25) is 5.91 Å². The van der Waals surface area contributed by atoms with E-state index in [-0.39, 0.29) is 24.4 Å². The van der Waals surface area contributed by atoms with Crippen molar-refractivity contribution >= 4 is 23.5 Å². The average Bonchev–Trinajstić information content (AvgIpc) is 2.46. The first kappa shape index (κ1) is 17.8.